The highest BCUT2D eigenvalue weighted by atomic mass is 35.5. The fourth-order valence-electron chi connectivity index (χ4n) is 0.958. The molecule has 15 heavy (non-hydrogen) atoms. The van der Waals surface area contributed by atoms with Crippen molar-refractivity contribution in [3.05, 3.63) is 28.8 Å². The van der Waals surface area contributed by atoms with Gasteiger partial charge in [-0.15, -0.1) is 11.6 Å². The molecular weight excluding hydrogens is 239 g/mol. The standard InChI is InChI=1S/C9H8Cl2N2O2/c10-4-8(14)13-7-3-5(9(12)15)1-2-6(7)11/h1-3H,4H2,(H2,12,15)(H,13,14). The molecule has 0 aromatic heterocycles. The van der Waals surface area contributed by atoms with Gasteiger partial charge in [0.15, 0.2) is 0 Å². The summed E-state index contributed by atoms with van der Waals surface area (Å²) in [4.78, 5) is 21.9. The number of benzene rings is 1. The second-order valence-corrected chi connectivity index (χ2v) is 3.42. The van der Waals surface area contributed by atoms with Gasteiger partial charge in [-0.05, 0) is 18.2 Å². The third-order valence-corrected chi connectivity index (χ3v) is 2.22. The first-order chi connectivity index (χ1) is 7.04. The summed E-state index contributed by atoms with van der Waals surface area (Å²) in [5.41, 5.74) is 5.66. The largest absolute Gasteiger partial charge is 0.366 e. The van der Waals surface area contributed by atoms with E-state index in [0.717, 1.165) is 0 Å². The van der Waals surface area contributed by atoms with Crippen LogP contribution >= 0.6 is 23.2 Å². The number of halogens is 2. The summed E-state index contributed by atoms with van der Waals surface area (Å²) in [7, 11) is 0. The Morgan fingerprint density at radius 3 is 2.60 bits per heavy atom. The number of carbonyl (C=O) groups is 2. The number of anilines is 1. The highest BCUT2D eigenvalue weighted by molar-refractivity contribution is 6.35. The topological polar surface area (TPSA) is 72.2 Å². The number of primary amides is 1. The van der Waals surface area contributed by atoms with Gasteiger partial charge in [-0.3, -0.25) is 9.59 Å². The van der Waals surface area contributed by atoms with E-state index in [2.05, 4.69) is 5.32 Å². The van der Waals surface area contributed by atoms with Crippen molar-refractivity contribution >= 4 is 40.7 Å². The van der Waals surface area contributed by atoms with Crippen LogP contribution in [-0.4, -0.2) is 17.7 Å². The number of alkyl halides is 1. The number of rotatable bonds is 3. The van der Waals surface area contributed by atoms with Gasteiger partial charge in [0, 0.05) is 5.56 Å². The molecule has 1 aromatic rings. The summed E-state index contributed by atoms with van der Waals surface area (Å²) in [6, 6.07) is 4.35. The van der Waals surface area contributed by atoms with Gasteiger partial charge in [0.2, 0.25) is 11.8 Å². The van der Waals surface area contributed by atoms with Gasteiger partial charge >= 0.3 is 0 Å². The van der Waals surface area contributed by atoms with Crippen LogP contribution in [-0.2, 0) is 4.79 Å². The van der Waals surface area contributed by atoms with Crippen molar-refractivity contribution in [3.8, 4) is 0 Å². The Hall–Kier alpha value is -1.26. The average molecular weight is 247 g/mol. The number of hydrogen-bond acceptors (Lipinski definition) is 2. The van der Waals surface area contributed by atoms with Crippen molar-refractivity contribution in [2.24, 2.45) is 5.73 Å². The van der Waals surface area contributed by atoms with Gasteiger partial charge in [0.05, 0.1) is 10.7 Å². The molecule has 1 aromatic carbocycles. The lowest BCUT2D eigenvalue weighted by atomic mass is 10.2. The van der Waals surface area contributed by atoms with E-state index in [1.54, 1.807) is 0 Å². The van der Waals surface area contributed by atoms with E-state index in [1.165, 1.54) is 18.2 Å². The van der Waals surface area contributed by atoms with Crippen LogP contribution in [0, 0.1) is 0 Å². The SMILES string of the molecule is NC(=O)c1ccc(Cl)c(NC(=O)CCl)c1. The van der Waals surface area contributed by atoms with Crippen molar-refractivity contribution < 1.29 is 9.59 Å². The van der Waals surface area contributed by atoms with Crippen molar-refractivity contribution in [3.63, 3.8) is 0 Å². The molecule has 0 saturated heterocycles. The van der Waals surface area contributed by atoms with Gasteiger partial charge in [-0.25, -0.2) is 0 Å². The Balaban J connectivity index is 3.00. The summed E-state index contributed by atoms with van der Waals surface area (Å²) in [5, 5.41) is 2.76. The summed E-state index contributed by atoms with van der Waals surface area (Å²) in [6.45, 7) is 0. The third-order valence-electron chi connectivity index (χ3n) is 1.65. The maximum absolute atomic E-state index is 11.0. The second-order valence-electron chi connectivity index (χ2n) is 2.74. The molecule has 0 unspecified atom stereocenters. The highest BCUT2D eigenvalue weighted by Gasteiger charge is 2.08. The first-order valence-electron chi connectivity index (χ1n) is 3.99. The van der Waals surface area contributed by atoms with Gasteiger partial charge in [0.1, 0.15) is 5.88 Å². The lowest BCUT2D eigenvalue weighted by molar-refractivity contribution is -0.113. The molecular formula is C9H8Cl2N2O2. The monoisotopic (exact) mass is 246 g/mol. The van der Waals surface area contributed by atoms with E-state index in [1.807, 2.05) is 0 Å². The van der Waals surface area contributed by atoms with Crippen molar-refractivity contribution in [1.82, 2.24) is 0 Å². The minimum Gasteiger partial charge on any atom is -0.366 e. The van der Waals surface area contributed by atoms with Crippen LogP contribution in [0.5, 0.6) is 0 Å². The fraction of sp³-hybridized carbons (Fsp3) is 0.111. The number of nitrogens with one attached hydrogen (secondary N) is 1. The van der Waals surface area contributed by atoms with Crippen molar-refractivity contribution in [1.29, 1.82) is 0 Å². The molecule has 3 N–H and O–H groups in total. The van der Waals surface area contributed by atoms with Crippen LogP contribution in [0.15, 0.2) is 18.2 Å². The maximum atomic E-state index is 11.0. The van der Waals surface area contributed by atoms with Gasteiger partial charge in [0.25, 0.3) is 0 Å². The predicted molar refractivity (Wildman–Crippen MR) is 59.3 cm³/mol. The van der Waals surface area contributed by atoms with E-state index in [9.17, 15) is 9.59 Å². The van der Waals surface area contributed by atoms with Crippen molar-refractivity contribution in [2.45, 2.75) is 0 Å². The molecule has 0 aliphatic heterocycles. The quantitative estimate of drug-likeness (QED) is 0.796. The summed E-state index contributed by atoms with van der Waals surface area (Å²) < 4.78 is 0. The molecule has 0 aliphatic carbocycles. The Kier molecular flexibility index (Phi) is 3.94. The van der Waals surface area contributed by atoms with Gasteiger partial charge in [-0.2, -0.15) is 0 Å². The predicted octanol–water partition coefficient (Wildman–Crippen LogP) is 1.62. The molecule has 0 heterocycles. The number of carbonyl (C=O) groups excluding carboxylic acids is 2. The van der Waals surface area contributed by atoms with Crippen LogP contribution in [0.3, 0.4) is 0 Å². The molecule has 2 amide bonds. The highest BCUT2D eigenvalue weighted by Crippen LogP contribution is 2.22. The smallest absolute Gasteiger partial charge is 0.248 e. The Labute approximate surface area is 96.3 Å². The minimum atomic E-state index is -0.590. The Morgan fingerprint density at radius 2 is 2.07 bits per heavy atom. The molecule has 4 nitrogen and oxygen atoms in total. The molecule has 0 fully saturated rings. The Morgan fingerprint density at radius 1 is 1.40 bits per heavy atom. The molecule has 80 valence electrons. The van der Waals surface area contributed by atoms with E-state index in [0.29, 0.717) is 10.7 Å². The average Bonchev–Trinajstić information content (AvgIpc) is 2.20. The molecule has 0 saturated carbocycles. The molecule has 0 aliphatic rings. The normalized spacial score (nSPS) is 9.73. The molecule has 0 radical (unpaired) electrons. The lowest BCUT2D eigenvalue weighted by Crippen LogP contribution is -2.15. The summed E-state index contributed by atoms with van der Waals surface area (Å²) in [5.74, 6) is -1.18. The fourth-order valence-corrected chi connectivity index (χ4v) is 1.19. The zero-order chi connectivity index (χ0) is 11.4. The minimum absolute atomic E-state index is 0.183. The zero-order valence-electron chi connectivity index (χ0n) is 7.59. The van der Waals surface area contributed by atoms with Crippen LogP contribution in [0.25, 0.3) is 0 Å². The first kappa shape index (κ1) is 11.8. The molecule has 0 atom stereocenters. The van der Waals surface area contributed by atoms with Gasteiger partial charge in [-0.1, -0.05) is 11.6 Å². The van der Waals surface area contributed by atoms with Crippen LogP contribution in [0.2, 0.25) is 5.02 Å². The van der Waals surface area contributed by atoms with E-state index in [-0.39, 0.29) is 11.4 Å². The van der Waals surface area contributed by atoms with Gasteiger partial charge < -0.3 is 11.1 Å². The lowest BCUT2D eigenvalue weighted by Gasteiger charge is -2.06. The summed E-state index contributed by atoms with van der Waals surface area (Å²) in [6.07, 6.45) is 0. The number of amides is 2. The zero-order valence-corrected chi connectivity index (χ0v) is 9.10. The molecule has 0 bridgehead atoms. The Bertz CT molecular complexity index is 407. The summed E-state index contributed by atoms with van der Waals surface area (Å²) >= 11 is 11.1. The first-order valence-corrected chi connectivity index (χ1v) is 4.91. The second kappa shape index (κ2) is 5.00. The number of hydrogen-bond donors (Lipinski definition) is 2. The number of nitrogens with two attached hydrogens (primary N) is 1. The van der Waals surface area contributed by atoms with E-state index >= 15 is 0 Å². The van der Waals surface area contributed by atoms with Crippen LogP contribution in [0.1, 0.15) is 10.4 Å². The van der Waals surface area contributed by atoms with Crippen LogP contribution in [0.4, 0.5) is 5.69 Å². The molecule has 1 rings (SSSR count). The molecule has 6 heteroatoms. The van der Waals surface area contributed by atoms with Crippen molar-refractivity contribution in [2.75, 3.05) is 11.2 Å². The van der Waals surface area contributed by atoms with E-state index < -0.39 is 11.8 Å². The van der Waals surface area contributed by atoms with Crippen LogP contribution < -0.4 is 11.1 Å². The maximum Gasteiger partial charge on any atom is 0.248 e. The van der Waals surface area contributed by atoms with E-state index in [4.69, 9.17) is 28.9 Å². The molecule has 0 spiro atoms. The third kappa shape index (κ3) is 3.11.